The third-order valence-corrected chi connectivity index (χ3v) is 4.64. The minimum Gasteiger partial charge on any atom is -0.308 e. The van der Waals surface area contributed by atoms with E-state index in [0.717, 1.165) is 12.5 Å². The second kappa shape index (κ2) is 5.49. The van der Waals surface area contributed by atoms with E-state index >= 15 is 0 Å². The van der Waals surface area contributed by atoms with Crippen molar-refractivity contribution in [3.63, 3.8) is 0 Å². The smallest absolute Gasteiger partial charge is 0.0795 e. The molecule has 0 unspecified atom stereocenters. The van der Waals surface area contributed by atoms with Gasteiger partial charge in [0.2, 0.25) is 0 Å². The number of hydrogen-bond acceptors (Lipinski definition) is 3. The van der Waals surface area contributed by atoms with Crippen molar-refractivity contribution >= 4 is 11.3 Å². The molecule has 1 aromatic heterocycles. The summed E-state index contributed by atoms with van der Waals surface area (Å²) in [6.07, 6.45) is 5.40. The molecule has 3 heteroatoms. The van der Waals surface area contributed by atoms with E-state index in [9.17, 15) is 0 Å². The lowest BCUT2D eigenvalue weighted by atomic mass is 9.71. The zero-order valence-electron chi connectivity index (χ0n) is 11.2. The maximum absolute atomic E-state index is 4.31. The maximum atomic E-state index is 4.31. The molecule has 1 fully saturated rings. The molecule has 0 saturated heterocycles. The molecule has 1 aromatic rings. The first-order valence-corrected chi connectivity index (χ1v) is 7.60. The van der Waals surface area contributed by atoms with Gasteiger partial charge in [-0.2, -0.15) is 0 Å². The minimum absolute atomic E-state index is 0.486. The van der Waals surface area contributed by atoms with Gasteiger partial charge in [0.1, 0.15) is 0 Å². The van der Waals surface area contributed by atoms with Gasteiger partial charge in [0, 0.05) is 18.0 Å². The minimum atomic E-state index is 0.486. The second-order valence-electron chi connectivity index (χ2n) is 6.28. The number of thiazole rings is 1. The highest BCUT2D eigenvalue weighted by molar-refractivity contribution is 7.07. The average Bonchev–Trinajstić information content (AvgIpc) is 2.78. The molecular weight excluding hydrogens is 228 g/mol. The summed E-state index contributed by atoms with van der Waals surface area (Å²) < 4.78 is 0. The van der Waals surface area contributed by atoms with Crippen molar-refractivity contribution < 1.29 is 0 Å². The summed E-state index contributed by atoms with van der Waals surface area (Å²) in [4.78, 5) is 4.31. The number of nitrogens with one attached hydrogen (secondary N) is 1. The van der Waals surface area contributed by atoms with Gasteiger partial charge in [-0.15, -0.1) is 11.3 Å². The Bertz CT molecular complexity index is 318. The Morgan fingerprint density at radius 1 is 1.29 bits per heavy atom. The highest BCUT2D eigenvalue weighted by atomic mass is 32.1. The second-order valence-corrected chi connectivity index (χ2v) is 6.99. The average molecular weight is 252 g/mol. The quantitative estimate of drug-likeness (QED) is 0.884. The lowest BCUT2D eigenvalue weighted by molar-refractivity contribution is 0.159. The SMILES string of the molecule is CC(C)(C)C1CCC(NCc2cscn2)CC1. The van der Waals surface area contributed by atoms with E-state index in [4.69, 9.17) is 0 Å². The van der Waals surface area contributed by atoms with Crippen LogP contribution in [0.3, 0.4) is 0 Å². The van der Waals surface area contributed by atoms with Crippen LogP contribution in [0, 0.1) is 11.3 Å². The molecule has 0 amide bonds. The van der Waals surface area contributed by atoms with Crippen molar-refractivity contribution in [3.8, 4) is 0 Å². The molecular formula is C14H24N2S. The largest absolute Gasteiger partial charge is 0.308 e. The van der Waals surface area contributed by atoms with Crippen LogP contribution >= 0.6 is 11.3 Å². The van der Waals surface area contributed by atoms with Gasteiger partial charge in [-0.3, -0.25) is 0 Å². The van der Waals surface area contributed by atoms with E-state index in [1.165, 1.54) is 31.4 Å². The van der Waals surface area contributed by atoms with Crippen LogP contribution in [-0.4, -0.2) is 11.0 Å². The summed E-state index contributed by atoms with van der Waals surface area (Å²) in [6.45, 7) is 8.07. The topological polar surface area (TPSA) is 24.9 Å². The fraction of sp³-hybridized carbons (Fsp3) is 0.786. The Morgan fingerprint density at radius 3 is 2.53 bits per heavy atom. The molecule has 17 heavy (non-hydrogen) atoms. The lowest BCUT2D eigenvalue weighted by Crippen LogP contribution is -2.35. The molecule has 1 saturated carbocycles. The number of aromatic nitrogens is 1. The van der Waals surface area contributed by atoms with E-state index in [0.29, 0.717) is 11.5 Å². The van der Waals surface area contributed by atoms with Gasteiger partial charge in [0.15, 0.2) is 0 Å². The molecule has 0 bridgehead atoms. The third-order valence-electron chi connectivity index (χ3n) is 4.01. The number of nitrogens with zero attached hydrogens (tertiary/aromatic N) is 1. The first kappa shape index (κ1) is 13.0. The van der Waals surface area contributed by atoms with Crippen LogP contribution < -0.4 is 5.32 Å². The van der Waals surface area contributed by atoms with E-state index in [2.05, 4.69) is 36.5 Å². The number of hydrogen-bond donors (Lipinski definition) is 1. The van der Waals surface area contributed by atoms with Gasteiger partial charge in [0.25, 0.3) is 0 Å². The van der Waals surface area contributed by atoms with Crippen LogP contribution in [0.1, 0.15) is 52.1 Å². The van der Waals surface area contributed by atoms with Gasteiger partial charge in [-0.1, -0.05) is 20.8 Å². The highest BCUT2D eigenvalue weighted by Crippen LogP contribution is 2.37. The van der Waals surface area contributed by atoms with Crippen molar-refractivity contribution in [2.75, 3.05) is 0 Å². The molecule has 1 aliphatic carbocycles. The van der Waals surface area contributed by atoms with Crippen LogP contribution in [0.4, 0.5) is 0 Å². The molecule has 1 N–H and O–H groups in total. The summed E-state index contributed by atoms with van der Waals surface area (Å²) in [7, 11) is 0. The lowest BCUT2D eigenvalue weighted by Gasteiger charge is -2.37. The Morgan fingerprint density at radius 2 is 2.00 bits per heavy atom. The van der Waals surface area contributed by atoms with Crippen LogP contribution in [0.15, 0.2) is 10.9 Å². The van der Waals surface area contributed by atoms with Crippen LogP contribution in [0.2, 0.25) is 0 Å². The summed E-state index contributed by atoms with van der Waals surface area (Å²) in [5, 5.41) is 5.77. The molecule has 0 aliphatic heterocycles. The molecule has 0 atom stereocenters. The summed E-state index contributed by atoms with van der Waals surface area (Å²) >= 11 is 1.68. The normalized spacial score (nSPS) is 26.1. The number of rotatable bonds is 3. The fourth-order valence-electron chi connectivity index (χ4n) is 2.74. The Balaban J connectivity index is 1.72. The van der Waals surface area contributed by atoms with E-state index in [1.807, 2.05) is 5.51 Å². The molecule has 0 spiro atoms. The fourth-order valence-corrected chi connectivity index (χ4v) is 3.30. The maximum Gasteiger partial charge on any atom is 0.0795 e. The third kappa shape index (κ3) is 3.78. The first-order chi connectivity index (χ1) is 8.05. The predicted molar refractivity (Wildman–Crippen MR) is 74.2 cm³/mol. The molecule has 96 valence electrons. The monoisotopic (exact) mass is 252 g/mol. The van der Waals surface area contributed by atoms with Gasteiger partial charge < -0.3 is 5.32 Å². The van der Waals surface area contributed by atoms with Crippen molar-refractivity contribution in [1.82, 2.24) is 10.3 Å². The summed E-state index contributed by atoms with van der Waals surface area (Å²) in [5.74, 6) is 0.903. The van der Waals surface area contributed by atoms with Crippen LogP contribution in [0.25, 0.3) is 0 Å². The van der Waals surface area contributed by atoms with Gasteiger partial charge in [-0.25, -0.2) is 4.98 Å². The van der Waals surface area contributed by atoms with Crippen molar-refractivity contribution in [2.24, 2.45) is 11.3 Å². The standard InChI is InChI=1S/C14H24N2S/c1-14(2,3)11-4-6-12(7-5-11)15-8-13-9-17-10-16-13/h9-12,15H,4-8H2,1-3H3. The highest BCUT2D eigenvalue weighted by Gasteiger charge is 2.29. The Kier molecular flexibility index (Phi) is 4.21. The van der Waals surface area contributed by atoms with Crippen LogP contribution in [0.5, 0.6) is 0 Å². The summed E-state index contributed by atoms with van der Waals surface area (Å²) in [5.41, 5.74) is 3.58. The van der Waals surface area contributed by atoms with E-state index in [-0.39, 0.29) is 0 Å². The molecule has 1 heterocycles. The molecule has 2 nitrogen and oxygen atoms in total. The zero-order chi connectivity index (χ0) is 12.3. The Labute approximate surface area is 109 Å². The van der Waals surface area contributed by atoms with Crippen molar-refractivity contribution in [2.45, 2.75) is 59.0 Å². The van der Waals surface area contributed by atoms with Gasteiger partial charge >= 0.3 is 0 Å². The van der Waals surface area contributed by atoms with Gasteiger partial charge in [-0.05, 0) is 37.0 Å². The van der Waals surface area contributed by atoms with E-state index in [1.54, 1.807) is 11.3 Å². The first-order valence-electron chi connectivity index (χ1n) is 6.66. The van der Waals surface area contributed by atoms with Crippen molar-refractivity contribution in [1.29, 1.82) is 0 Å². The van der Waals surface area contributed by atoms with Crippen molar-refractivity contribution in [3.05, 3.63) is 16.6 Å². The van der Waals surface area contributed by atoms with Gasteiger partial charge in [0.05, 0.1) is 11.2 Å². The van der Waals surface area contributed by atoms with Crippen LogP contribution in [-0.2, 0) is 6.54 Å². The summed E-state index contributed by atoms with van der Waals surface area (Å²) in [6, 6.07) is 0.704. The molecule has 1 aliphatic rings. The molecule has 2 rings (SSSR count). The predicted octanol–water partition coefficient (Wildman–Crippen LogP) is 3.84. The molecule has 0 radical (unpaired) electrons. The Hall–Kier alpha value is -0.410. The zero-order valence-corrected chi connectivity index (χ0v) is 12.0. The molecule has 0 aromatic carbocycles. The van der Waals surface area contributed by atoms with E-state index < -0.39 is 0 Å².